The molecule has 0 radical (unpaired) electrons. The van der Waals surface area contributed by atoms with Crippen molar-refractivity contribution in [3.63, 3.8) is 0 Å². The zero-order valence-corrected chi connectivity index (χ0v) is 9.42. The third-order valence-electron chi connectivity index (χ3n) is 3.31. The van der Waals surface area contributed by atoms with Crippen LogP contribution in [-0.4, -0.2) is 12.4 Å². The van der Waals surface area contributed by atoms with Crippen LogP contribution in [0, 0.1) is 0 Å². The molecule has 0 aliphatic heterocycles. The molecule has 1 saturated carbocycles. The normalized spacial score (nSPS) is 19.8. The number of rotatable bonds is 3. The van der Waals surface area contributed by atoms with E-state index in [1.807, 2.05) is 6.92 Å². The van der Waals surface area contributed by atoms with E-state index in [4.69, 9.17) is 5.73 Å². The first kappa shape index (κ1) is 12.2. The topological polar surface area (TPSA) is 35.2 Å². The van der Waals surface area contributed by atoms with Crippen molar-refractivity contribution in [2.75, 3.05) is 0 Å². The first-order valence-electron chi connectivity index (χ1n) is 5.46. The van der Waals surface area contributed by atoms with Crippen molar-refractivity contribution in [2.45, 2.75) is 37.6 Å². The molecule has 2 nitrogen and oxygen atoms in total. The minimum atomic E-state index is -4.66. The van der Waals surface area contributed by atoms with Crippen LogP contribution in [0.4, 0.5) is 13.2 Å². The molecule has 2 rings (SSSR count). The van der Waals surface area contributed by atoms with Gasteiger partial charge < -0.3 is 10.5 Å². The second-order valence-corrected chi connectivity index (χ2v) is 4.49. The van der Waals surface area contributed by atoms with E-state index in [0.717, 1.165) is 12.8 Å². The Morgan fingerprint density at radius 2 is 1.88 bits per heavy atom. The monoisotopic (exact) mass is 245 g/mol. The molecule has 1 aliphatic rings. The van der Waals surface area contributed by atoms with Crippen LogP contribution in [0.25, 0.3) is 0 Å². The maximum atomic E-state index is 12.3. The Hall–Kier alpha value is -1.23. The Kier molecular flexibility index (Phi) is 2.81. The summed E-state index contributed by atoms with van der Waals surface area (Å²) in [7, 11) is 0. The molecule has 17 heavy (non-hydrogen) atoms. The second-order valence-electron chi connectivity index (χ2n) is 4.49. The molecule has 0 bridgehead atoms. The molecule has 1 aliphatic carbocycles. The summed E-state index contributed by atoms with van der Waals surface area (Å²) in [5.41, 5.74) is 6.08. The number of hydrogen-bond donors (Lipinski definition) is 1. The van der Waals surface area contributed by atoms with Crippen molar-refractivity contribution in [3.8, 4) is 5.75 Å². The zero-order valence-electron chi connectivity index (χ0n) is 9.42. The van der Waals surface area contributed by atoms with Crippen LogP contribution in [0.5, 0.6) is 5.75 Å². The van der Waals surface area contributed by atoms with Crippen LogP contribution in [0.3, 0.4) is 0 Å². The van der Waals surface area contributed by atoms with Crippen LogP contribution in [0.1, 0.15) is 25.3 Å². The molecule has 1 aromatic rings. The molecule has 0 amide bonds. The van der Waals surface area contributed by atoms with Gasteiger partial charge in [-0.3, -0.25) is 0 Å². The molecule has 94 valence electrons. The predicted molar refractivity (Wildman–Crippen MR) is 57.7 cm³/mol. The highest BCUT2D eigenvalue weighted by Crippen LogP contribution is 2.53. The highest BCUT2D eigenvalue weighted by atomic mass is 19.4. The van der Waals surface area contributed by atoms with Gasteiger partial charge in [-0.25, -0.2) is 0 Å². The van der Waals surface area contributed by atoms with Crippen LogP contribution < -0.4 is 10.5 Å². The molecule has 1 atom stereocenters. The standard InChI is InChI=1S/C12H14F3NO/c1-8(16)11(6-7-11)9-4-2-3-5-10(9)17-12(13,14)15/h2-5,8H,6-7,16H2,1H3. The van der Waals surface area contributed by atoms with Gasteiger partial charge >= 0.3 is 6.36 Å². The quantitative estimate of drug-likeness (QED) is 0.888. The van der Waals surface area contributed by atoms with Gasteiger partial charge in [0.15, 0.2) is 0 Å². The predicted octanol–water partition coefficient (Wildman–Crippen LogP) is 2.96. The maximum absolute atomic E-state index is 12.3. The Balaban J connectivity index is 2.35. The van der Waals surface area contributed by atoms with Crippen molar-refractivity contribution in [2.24, 2.45) is 5.73 Å². The Labute approximate surface area is 97.6 Å². The lowest BCUT2D eigenvalue weighted by Gasteiger charge is -2.23. The minimum absolute atomic E-state index is 0.130. The molecule has 1 fully saturated rings. The van der Waals surface area contributed by atoms with E-state index < -0.39 is 6.36 Å². The molecule has 1 unspecified atom stereocenters. The smallest absolute Gasteiger partial charge is 0.405 e. The van der Waals surface area contributed by atoms with E-state index in [1.54, 1.807) is 12.1 Å². The van der Waals surface area contributed by atoms with Crippen LogP contribution >= 0.6 is 0 Å². The number of hydrogen-bond acceptors (Lipinski definition) is 2. The largest absolute Gasteiger partial charge is 0.573 e. The summed E-state index contributed by atoms with van der Waals surface area (Å²) in [6, 6.07) is 6.06. The molecule has 0 saturated heterocycles. The number of nitrogens with two attached hydrogens (primary N) is 1. The Morgan fingerprint density at radius 1 is 1.29 bits per heavy atom. The maximum Gasteiger partial charge on any atom is 0.573 e. The Bertz CT molecular complexity index is 410. The summed E-state index contributed by atoms with van der Waals surface area (Å²) in [4.78, 5) is 0. The highest BCUT2D eigenvalue weighted by Gasteiger charge is 2.49. The van der Waals surface area contributed by atoms with Crippen molar-refractivity contribution in [1.82, 2.24) is 0 Å². The van der Waals surface area contributed by atoms with Crippen molar-refractivity contribution < 1.29 is 17.9 Å². The van der Waals surface area contributed by atoms with E-state index in [1.165, 1.54) is 12.1 Å². The minimum Gasteiger partial charge on any atom is -0.405 e. The number of ether oxygens (including phenoxy) is 1. The summed E-state index contributed by atoms with van der Waals surface area (Å²) in [5.74, 6) is -0.130. The molecule has 0 spiro atoms. The van der Waals surface area contributed by atoms with Gasteiger partial charge in [0.1, 0.15) is 5.75 Å². The van der Waals surface area contributed by atoms with Gasteiger partial charge in [-0.05, 0) is 25.8 Å². The summed E-state index contributed by atoms with van der Waals surface area (Å²) in [6.45, 7) is 1.82. The van der Waals surface area contributed by atoms with Crippen molar-refractivity contribution in [1.29, 1.82) is 0 Å². The number of alkyl halides is 3. The summed E-state index contributed by atoms with van der Waals surface area (Å²) < 4.78 is 40.9. The molecule has 0 aromatic heterocycles. The van der Waals surface area contributed by atoms with Gasteiger partial charge in [0.25, 0.3) is 0 Å². The third kappa shape index (κ3) is 2.39. The van der Waals surface area contributed by atoms with E-state index in [2.05, 4.69) is 4.74 Å². The summed E-state index contributed by atoms with van der Waals surface area (Å²) in [5, 5.41) is 0. The summed E-state index contributed by atoms with van der Waals surface area (Å²) >= 11 is 0. The first-order valence-corrected chi connectivity index (χ1v) is 5.46. The van der Waals surface area contributed by atoms with Gasteiger partial charge in [-0.2, -0.15) is 0 Å². The van der Waals surface area contributed by atoms with Gasteiger partial charge in [0.2, 0.25) is 0 Å². The number of halogens is 3. The zero-order chi connectivity index (χ0) is 12.7. The highest BCUT2D eigenvalue weighted by molar-refractivity contribution is 5.44. The van der Waals surface area contributed by atoms with Crippen LogP contribution in [0.15, 0.2) is 24.3 Å². The Morgan fingerprint density at radius 3 is 2.35 bits per heavy atom. The van der Waals surface area contributed by atoms with Gasteiger partial charge in [-0.15, -0.1) is 13.2 Å². The van der Waals surface area contributed by atoms with Crippen LogP contribution in [-0.2, 0) is 5.41 Å². The fraction of sp³-hybridized carbons (Fsp3) is 0.500. The molecule has 1 aromatic carbocycles. The van der Waals surface area contributed by atoms with E-state index >= 15 is 0 Å². The van der Waals surface area contributed by atoms with Crippen molar-refractivity contribution >= 4 is 0 Å². The fourth-order valence-corrected chi connectivity index (χ4v) is 2.20. The van der Waals surface area contributed by atoms with Crippen molar-refractivity contribution in [3.05, 3.63) is 29.8 Å². The molecular weight excluding hydrogens is 231 g/mol. The number of benzene rings is 1. The van der Waals surface area contributed by atoms with E-state index in [0.29, 0.717) is 5.56 Å². The third-order valence-corrected chi connectivity index (χ3v) is 3.31. The molecule has 0 heterocycles. The fourth-order valence-electron chi connectivity index (χ4n) is 2.20. The van der Waals surface area contributed by atoms with Gasteiger partial charge in [0.05, 0.1) is 0 Å². The molecule has 5 heteroatoms. The number of para-hydroxylation sites is 1. The lowest BCUT2D eigenvalue weighted by molar-refractivity contribution is -0.275. The average Bonchev–Trinajstić information content (AvgIpc) is 2.96. The SMILES string of the molecule is CC(N)C1(c2ccccc2OC(F)(F)F)CC1. The summed E-state index contributed by atoms with van der Waals surface area (Å²) in [6.07, 6.45) is -3.05. The molecular formula is C12H14F3NO. The lowest BCUT2D eigenvalue weighted by atomic mass is 9.89. The first-order chi connectivity index (χ1) is 7.85. The van der Waals surface area contributed by atoms with Gasteiger partial charge in [0, 0.05) is 17.0 Å². The van der Waals surface area contributed by atoms with E-state index in [9.17, 15) is 13.2 Å². The second kappa shape index (κ2) is 3.91. The average molecular weight is 245 g/mol. The van der Waals surface area contributed by atoms with Gasteiger partial charge in [-0.1, -0.05) is 18.2 Å². The van der Waals surface area contributed by atoms with E-state index in [-0.39, 0.29) is 17.2 Å². The molecule has 2 N–H and O–H groups in total. The van der Waals surface area contributed by atoms with Crippen LogP contribution in [0.2, 0.25) is 0 Å². The lowest BCUT2D eigenvalue weighted by Crippen LogP contribution is -2.32.